The average Bonchev–Trinajstić information content (AvgIpc) is 3.09. The largest absolute Gasteiger partial charge is 0.477 e. The van der Waals surface area contributed by atoms with Crippen molar-refractivity contribution >= 4 is 40.3 Å². The molecule has 0 radical (unpaired) electrons. The number of aromatic nitrogens is 1. The zero-order chi connectivity index (χ0) is 20.5. The van der Waals surface area contributed by atoms with Crippen molar-refractivity contribution in [2.75, 3.05) is 12.3 Å². The first-order chi connectivity index (χ1) is 13.3. The summed E-state index contributed by atoms with van der Waals surface area (Å²) in [7, 11) is 0. The number of nitrogen functional groups attached to an aromatic ring is 1. The van der Waals surface area contributed by atoms with Gasteiger partial charge in [-0.25, -0.2) is 9.78 Å². The fourth-order valence-electron chi connectivity index (χ4n) is 2.09. The standard InChI is InChI=1S/C16H16N4O7S/c17-16-19-13(9-28-16)11(8-27-18-6-14(21)22)5-15(23)26-7-10-1-3-12(4-2-10)20(24)25/h1-4,6,9,11H,5,7-8H2,(H2,17,19)(H,21,22)/b18-6-. The summed E-state index contributed by atoms with van der Waals surface area (Å²) in [6.45, 7) is -0.152. The van der Waals surface area contributed by atoms with Crippen LogP contribution >= 0.6 is 11.3 Å². The molecule has 0 amide bonds. The second kappa shape index (κ2) is 9.97. The molecule has 0 saturated carbocycles. The highest BCUT2D eigenvalue weighted by atomic mass is 32.1. The molecule has 0 aliphatic carbocycles. The number of nitro benzene ring substituents is 1. The third-order valence-corrected chi connectivity index (χ3v) is 4.12. The van der Waals surface area contributed by atoms with Crippen molar-refractivity contribution in [3.8, 4) is 0 Å². The van der Waals surface area contributed by atoms with Gasteiger partial charge in [-0.3, -0.25) is 14.9 Å². The molecule has 1 unspecified atom stereocenters. The van der Waals surface area contributed by atoms with Gasteiger partial charge in [-0.2, -0.15) is 0 Å². The first-order valence-electron chi connectivity index (χ1n) is 7.83. The third-order valence-electron chi connectivity index (χ3n) is 3.43. The monoisotopic (exact) mass is 408 g/mol. The predicted molar refractivity (Wildman–Crippen MR) is 98.9 cm³/mol. The molecule has 28 heavy (non-hydrogen) atoms. The van der Waals surface area contributed by atoms with Crippen LogP contribution in [0.2, 0.25) is 0 Å². The Morgan fingerprint density at radius 2 is 2.11 bits per heavy atom. The molecule has 11 nitrogen and oxygen atoms in total. The van der Waals surface area contributed by atoms with Gasteiger partial charge in [0, 0.05) is 23.4 Å². The summed E-state index contributed by atoms with van der Waals surface area (Å²) in [6.07, 6.45) is 0.484. The molecule has 12 heteroatoms. The minimum atomic E-state index is -1.27. The summed E-state index contributed by atoms with van der Waals surface area (Å²) in [4.78, 5) is 41.7. The van der Waals surface area contributed by atoms with Crippen molar-refractivity contribution in [3.05, 3.63) is 51.0 Å². The number of nitrogens with zero attached hydrogens (tertiary/aromatic N) is 3. The lowest BCUT2D eigenvalue weighted by atomic mass is 10.0. The summed E-state index contributed by atoms with van der Waals surface area (Å²) >= 11 is 1.19. The Morgan fingerprint density at radius 1 is 1.39 bits per heavy atom. The minimum Gasteiger partial charge on any atom is -0.477 e. The molecule has 0 spiro atoms. The number of rotatable bonds is 10. The lowest BCUT2D eigenvalue weighted by molar-refractivity contribution is -0.384. The van der Waals surface area contributed by atoms with Crippen LogP contribution in [0.5, 0.6) is 0 Å². The van der Waals surface area contributed by atoms with Gasteiger partial charge in [0.05, 0.1) is 17.0 Å². The highest BCUT2D eigenvalue weighted by Gasteiger charge is 2.21. The molecule has 3 N–H and O–H groups in total. The van der Waals surface area contributed by atoms with Crippen molar-refractivity contribution in [2.24, 2.45) is 5.16 Å². The van der Waals surface area contributed by atoms with E-state index in [0.717, 1.165) is 0 Å². The number of carbonyl (C=O) groups excluding carboxylic acids is 1. The Balaban J connectivity index is 1.93. The first-order valence-corrected chi connectivity index (χ1v) is 8.71. The van der Waals surface area contributed by atoms with E-state index in [1.54, 1.807) is 5.38 Å². The van der Waals surface area contributed by atoms with Crippen LogP contribution < -0.4 is 5.73 Å². The maximum absolute atomic E-state index is 12.1. The van der Waals surface area contributed by atoms with Crippen LogP contribution in [-0.4, -0.2) is 39.8 Å². The summed E-state index contributed by atoms with van der Waals surface area (Å²) in [6, 6.07) is 5.62. The zero-order valence-corrected chi connectivity index (χ0v) is 15.2. The summed E-state index contributed by atoms with van der Waals surface area (Å²) in [5, 5.41) is 24.4. The number of esters is 1. The van der Waals surface area contributed by atoms with E-state index in [4.69, 9.17) is 20.4 Å². The highest BCUT2D eigenvalue weighted by Crippen LogP contribution is 2.24. The molecule has 1 heterocycles. The van der Waals surface area contributed by atoms with Gasteiger partial charge in [0.2, 0.25) is 0 Å². The number of thiazole rings is 1. The van der Waals surface area contributed by atoms with Crippen LogP contribution in [0.25, 0.3) is 0 Å². The van der Waals surface area contributed by atoms with Gasteiger partial charge in [-0.05, 0) is 17.7 Å². The van der Waals surface area contributed by atoms with Gasteiger partial charge in [0.1, 0.15) is 13.2 Å². The first kappa shape index (κ1) is 20.8. The van der Waals surface area contributed by atoms with Gasteiger partial charge < -0.3 is 20.4 Å². The number of anilines is 1. The SMILES string of the molecule is Nc1nc(C(CO/N=C\C(=O)O)CC(=O)OCc2ccc([N+](=O)[O-])cc2)cs1. The summed E-state index contributed by atoms with van der Waals surface area (Å²) in [5.41, 5.74) is 6.64. The topological polar surface area (TPSA) is 167 Å². The van der Waals surface area contributed by atoms with Gasteiger partial charge in [0.25, 0.3) is 5.69 Å². The lowest BCUT2D eigenvalue weighted by Crippen LogP contribution is -2.15. The molecule has 0 fully saturated rings. The Bertz CT molecular complexity index is 866. The molecular weight excluding hydrogens is 392 g/mol. The van der Waals surface area contributed by atoms with Crippen molar-refractivity contribution in [1.29, 1.82) is 0 Å². The lowest BCUT2D eigenvalue weighted by Gasteiger charge is -2.13. The number of non-ortho nitro benzene ring substituents is 1. The molecule has 0 aliphatic rings. The molecule has 0 saturated heterocycles. The van der Waals surface area contributed by atoms with Crippen LogP contribution in [0.4, 0.5) is 10.8 Å². The van der Waals surface area contributed by atoms with Gasteiger partial charge in [0.15, 0.2) is 11.3 Å². The number of hydrogen-bond donors (Lipinski definition) is 2. The third kappa shape index (κ3) is 6.64. The molecule has 0 aliphatic heterocycles. The number of carboxylic acids is 1. The zero-order valence-electron chi connectivity index (χ0n) is 14.4. The van der Waals surface area contributed by atoms with Gasteiger partial charge >= 0.3 is 11.9 Å². The van der Waals surface area contributed by atoms with Crippen molar-refractivity contribution < 1.29 is 29.2 Å². The Labute approximate surface area is 162 Å². The van der Waals surface area contributed by atoms with E-state index in [1.807, 2.05) is 0 Å². The van der Waals surface area contributed by atoms with E-state index in [9.17, 15) is 19.7 Å². The molecule has 0 bridgehead atoms. The van der Waals surface area contributed by atoms with Gasteiger partial charge in [-0.15, -0.1) is 11.3 Å². The van der Waals surface area contributed by atoms with Crippen LogP contribution in [0.15, 0.2) is 34.8 Å². The predicted octanol–water partition coefficient (Wildman–Crippen LogP) is 1.94. The normalized spacial score (nSPS) is 11.9. The maximum Gasteiger partial charge on any atom is 0.350 e. The Kier molecular flexibility index (Phi) is 7.39. The highest BCUT2D eigenvalue weighted by molar-refractivity contribution is 7.13. The minimum absolute atomic E-state index is 0.0548. The molecule has 1 aromatic heterocycles. The second-order valence-corrected chi connectivity index (χ2v) is 6.35. The summed E-state index contributed by atoms with van der Waals surface area (Å²) in [5.74, 6) is -2.36. The fraction of sp³-hybridized carbons (Fsp3) is 0.250. The Morgan fingerprint density at radius 3 is 2.68 bits per heavy atom. The molecular formula is C16H16N4O7S. The van der Waals surface area contributed by atoms with E-state index in [-0.39, 0.29) is 25.3 Å². The average molecular weight is 408 g/mol. The number of nitro groups is 1. The smallest absolute Gasteiger partial charge is 0.350 e. The number of benzene rings is 1. The molecule has 2 aromatic rings. The van der Waals surface area contributed by atoms with Crippen LogP contribution in [-0.2, 0) is 25.8 Å². The van der Waals surface area contributed by atoms with Crippen LogP contribution in [0.3, 0.4) is 0 Å². The van der Waals surface area contributed by atoms with E-state index in [2.05, 4.69) is 10.1 Å². The van der Waals surface area contributed by atoms with E-state index in [1.165, 1.54) is 35.6 Å². The second-order valence-electron chi connectivity index (χ2n) is 5.46. The van der Waals surface area contributed by atoms with E-state index >= 15 is 0 Å². The van der Waals surface area contributed by atoms with Crippen molar-refractivity contribution in [1.82, 2.24) is 4.98 Å². The molecule has 148 valence electrons. The maximum atomic E-state index is 12.1. The molecule has 1 aromatic carbocycles. The quantitative estimate of drug-likeness (QED) is 0.258. The number of hydrogen-bond acceptors (Lipinski definition) is 10. The number of carbonyl (C=O) groups is 2. The number of nitrogens with two attached hydrogens (primary N) is 1. The number of carboxylic acid groups (broad SMARTS) is 1. The van der Waals surface area contributed by atoms with E-state index in [0.29, 0.717) is 22.6 Å². The van der Waals surface area contributed by atoms with Crippen molar-refractivity contribution in [3.63, 3.8) is 0 Å². The van der Waals surface area contributed by atoms with Crippen molar-refractivity contribution in [2.45, 2.75) is 18.9 Å². The van der Waals surface area contributed by atoms with Crippen LogP contribution in [0, 0.1) is 10.1 Å². The van der Waals surface area contributed by atoms with Crippen LogP contribution in [0.1, 0.15) is 23.6 Å². The fourth-order valence-corrected chi connectivity index (χ4v) is 2.74. The van der Waals surface area contributed by atoms with Gasteiger partial charge in [-0.1, -0.05) is 5.16 Å². The number of oxime groups is 1. The molecule has 2 rings (SSSR count). The number of ether oxygens (including phenoxy) is 1. The van der Waals surface area contributed by atoms with E-state index < -0.39 is 22.8 Å². The molecule has 1 atom stereocenters. The number of aliphatic carboxylic acids is 1. The Hall–Kier alpha value is -3.54. The summed E-state index contributed by atoms with van der Waals surface area (Å²) < 4.78 is 5.18.